The fourth-order valence-corrected chi connectivity index (χ4v) is 5.37. The van der Waals surface area contributed by atoms with Crippen LogP contribution in [0.15, 0.2) is 29.6 Å². The SMILES string of the molecule is Cc1nc(C)c(-c2csc(CC(=O)CC3CN(c4ccc(C(F)(F)F)cc4)C3)n2)s1. The van der Waals surface area contributed by atoms with E-state index in [1.165, 1.54) is 23.5 Å². The number of hydrogen-bond acceptors (Lipinski definition) is 6. The van der Waals surface area contributed by atoms with Gasteiger partial charge < -0.3 is 4.90 Å². The molecule has 1 saturated heterocycles. The van der Waals surface area contributed by atoms with E-state index in [0.29, 0.717) is 25.9 Å². The molecule has 0 unspecified atom stereocenters. The summed E-state index contributed by atoms with van der Waals surface area (Å²) in [6.07, 6.45) is -3.54. The van der Waals surface area contributed by atoms with Crippen molar-refractivity contribution in [2.45, 2.75) is 32.9 Å². The zero-order valence-corrected chi connectivity index (χ0v) is 18.1. The van der Waals surface area contributed by atoms with Crippen LogP contribution in [0.4, 0.5) is 18.9 Å². The lowest BCUT2D eigenvalue weighted by atomic mass is 9.92. The Kier molecular flexibility index (Phi) is 5.67. The van der Waals surface area contributed by atoms with Crippen LogP contribution in [0, 0.1) is 19.8 Å². The Labute approximate surface area is 180 Å². The van der Waals surface area contributed by atoms with E-state index in [4.69, 9.17) is 0 Å². The molecule has 1 aromatic carbocycles. The van der Waals surface area contributed by atoms with Gasteiger partial charge in [-0.15, -0.1) is 22.7 Å². The van der Waals surface area contributed by atoms with Gasteiger partial charge in [0.15, 0.2) is 0 Å². The second-order valence-electron chi connectivity index (χ2n) is 7.51. The van der Waals surface area contributed by atoms with E-state index in [2.05, 4.69) is 9.97 Å². The molecule has 4 rings (SSSR count). The van der Waals surface area contributed by atoms with Gasteiger partial charge in [-0.25, -0.2) is 9.97 Å². The molecule has 1 aliphatic rings. The first-order valence-electron chi connectivity index (χ1n) is 9.52. The van der Waals surface area contributed by atoms with E-state index in [9.17, 15) is 18.0 Å². The summed E-state index contributed by atoms with van der Waals surface area (Å²) in [6, 6.07) is 5.17. The molecular formula is C21H20F3N3OS2. The molecule has 3 aromatic rings. The fraction of sp³-hybridized carbons (Fsp3) is 0.381. The maximum absolute atomic E-state index is 12.7. The van der Waals surface area contributed by atoms with Crippen LogP contribution in [-0.2, 0) is 17.4 Å². The molecule has 30 heavy (non-hydrogen) atoms. The second kappa shape index (κ2) is 8.11. The van der Waals surface area contributed by atoms with Gasteiger partial charge in [0.05, 0.1) is 33.3 Å². The van der Waals surface area contributed by atoms with E-state index < -0.39 is 11.7 Å². The number of carbonyl (C=O) groups excluding carboxylic acids is 1. The molecule has 0 saturated carbocycles. The molecule has 0 N–H and O–H groups in total. The van der Waals surface area contributed by atoms with Crippen molar-refractivity contribution in [1.29, 1.82) is 0 Å². The first kappa shape index (κ1) is 21.0. The van der Waals surface area contributed by atoms with Gasteiger partial charge in [-0.1, -0.05) is 0 Å². The van der Waals surface area contributed by atoms with Gasteiger partial charge in [0.2, 0.25) is 0 Å². The molecule has 9 heteroatoms. The Bertz CT molecular complexity index is 1050. The molecule has 0 atom stereocenters. The van der Waals surface area contributed by atoms with Gasteiger partial charge in [-0.2, -0.15) is 13.2 Å². The molecule has 0 aliphatic carbocycles. The lowest BCUT2D eigenvalue weighted by molar-refractivity contribution is -0.137. The molecular weight excluding hydrogens is 431 g/mol. The summed E-state index contributed by atoms with van der Waals surface area (Å²) in [5.41, 5.74) is 1.94. The number of anilines is 1. The summed E-state index contributed by atoms with van der Waals surface area (Å²) in [5.74, 6) is 0.371. The molecule has 1 fully saturated rings. The Balaban J connectivity index is 1.28. The van der Waals surface area contributed by atoms with Gasteiger partial charge in [0, 0.05) is 36.5 Å². The highest BCUT2D eigenvalue weighted by Crippen LogP contribution is 2.33. The summed E-state index contributed by atoms with van der Waals surface area (Å²) in [7, 11) is 0. The number of Topliss-reactive ketones (excluding diaryl/α,β-unsaturated/α-hetero) is 1. The summed E-state index contributed by atoms with van der Waals surface area (Å²) >= 11 is 3.09. The number of benzene rings is 1. The Morgan fingerprint density at radius 3 is 2.47 bits per heavy atom. The van der Waals surface area contributed by atoms with E-state index in [0.717, 1.165) is 44.1 Å². The highest BCUT2D eigenvalue weighted by atomic mass is 32.1. The van der Waals surface area contributed by atoms with Crippen LogP contribution in [0.3, 0.4) is 0 Å². The number of nitrogens with zero attached hydrogens (tertiary/aromatic N) is 3. The average molecular weight is 452 g/mol. The molecule has 0 spiro atoms. The van der Waals surface area contributed by atoms with Crippen molar-refractivity contribution in [2.75, 3.05) is 18.0 Å². The van der Waals surface area contributed by atoms with Crippen LogP contribution in [-0.4, -0.2) is 28.8 Å². The highest BCUT2D eigenvalue weighted by molar-refractivity contribution is 7.16. The lowest BCUT2D eigenvalue weighted by Crippen LogP contribution is -2.47. The van der Waals surface area contributed by atoms with Crippen LogP contribution < -0.4 is 4.90 Å². The number of aryl methyl sites for hydroxylation is 2. The third-order valence-electron chi connectivity index (χ3n) is 5.07. The largest absolute Gasteiger partial charge is 0.416 e. The van der Waals surface area contributed by atoms with Crippen molar-refractivity contribution in [2.24, 2.45) is 5.92 Å². The van der Waals surface area contributed by atoms with Gasteiger partial charge >= 0.3 is 6.18 Å². The van der Waals surface area contributed by atoms with Gasteiger partial charge in [-0.3, -0.25) is 4.79 Å². The third-order valence-corrected chi connectivity index (χ3v) is 7.01. The van der Waals surface area contributed by atoms with E-state index >= 15 is 0 Å². The zero-order chi connectivity index (χ0) is 21.5. The quantitative estimate of drug-likeness (QED) is 0.494. The van der Waals surface area contributed by atoms with Crippen LogP contribution >= 0.6 is 22.7 Å². The smallest absolute Gasteiger partial charge is 0.371 e. The number of aromatic nitrogens is 2. The van der Waals surface area contributed by atoms with Crippen molar-refractivity contribution in [3.8, 4) is 10.6 Å². The van der Waals surface area contributed by atoms with Crippen molar-refractivity contribution in [1.82, 2.24) is 9.97 Å². The lowest BCUT2D eigenvalue weighted by Gasteiger charge is -2.41. The second-order valence-corrected chi connectivity index (χ2v) is 9.65. The minimum Gasteiger partial charge on any atom is -0.371 e. The van der Waals surface area contributed by atoms with Crippen LogP contribution in [0.2, 0.25) is 0 Å². The zero-order valence-electron chi connectivity index (χ0n) is 16.5. The molecule has 0 radical (unpaired) electrons. The molecule has 3 heterocycles. The minimum atomic E-state index is -4.32. The van der Waals surface area contributed by atoms with E-state index in [1.807, 2.05) is 24.1 Å². The Hall–Kier alpha value is -2.26. The maximum atomic E-state index is 12.7. The first-order chi connectivity index (χ1) is 14.2. The average Bonchev–Trinajstić information content (AvgIpc) is 3.22. The monoisotopic (exact) mass is 451 g/mol. The standard InChI is InChI=1S/C21H20F3N3OS2/c1-12-20(30-13(2)25-12)18-11-29-19(26-18)8-17(28)7-14-9-27(10-14)16-5-3-15(4-6-16)21(22,23)24/h3-6,11,14H,7-10H2,1-2H3. The molecule has 0 amide bonds. The molecule has 2 aromatic heterocycles. The Morgan fingerprint density at radius 2 is 1.87 bits per heavy atom. The molecule has 1 aliphatic heterocycles. The molecule has 0 bridgehead atoms. The predicted molar refractivity (Wildman–Crippen MR) is 113 cm³/mol. The number of thiazole rings is 2. The number of rotatable bonds is 6. The van der Waals surface area contributed by atoms with Crippen molar-refractivity contribution < 1.29 is 18.0 Å². The van der Waals surface area contributed by atoms with Crippen LogP contribution in [0.25, 0.3) is 10.6 Å². The summed E-state index contributed by atoms with van der Waals surface area (Å²) in [5, 5.41) is 3.77. The third kappa shape index (κ3) is 4.57. The number of ketones is 1. The Morgan fingerprint density at radius 1 is 1.17 bits per heavy atom. The highest BCUT2D eigenvalue weighted by Gasteiger charge is 2.32. The van der Waals surface area contributed by atoms with E-state index in [1.54, 1.807) is 11.3 Å². The number of halogens is 3. The fourth-order valence-electron chi connectivity index (χ4n) is 3.60. The van der Waals surface area contributed by atoms with Crippen LogP contribution in [0.1, 0.15) is 27.7 Å². The van der Waals surface area contributed by atoms with Gasteiger partial charge in [0.1, 0.15) is 10.8 Å². The maximum Gasteiger partial charge on any atom is 0.416 e. The van der Waals surface area contributed by atoms with Crippen molar-refractivity contribution in [3.63, 3.8) is 0 Å². The predicted octanol–water partition coefficient (Wildman–Crippen LogP) is 5.54. The first-order valence-corrected chi connectivity index (χ1v) is 11.2. The normalized spacial score (nSPS) is 14.8. The van der Waals surface area contributed by atoms with Gasteiger partial charge in [-0.05, 0) is 38.1 Å². The number of alkyl halides is 3. The van der Waals surface area contributed by atoms with Gasteiger partial charge in [0.25, 0.3) is 0 Å². The van der Waals surface area contributed by atoms with Crippen molar-refractivity contribution in [3.05, 3.63) is 50.9 Å². The topological polar surface area (TPSA) is 46.1 Å². The summed E-state index contributed by atoms with van der Waals surface area (Å²) < 4.78 is 38.0. The minimum absolute atomic E-state index is 0.144. The van der Waals surface area contributed by atoms with E-state index in [-0.39, 0.29) is 11.7 Å². The number of hydrogen-bond donors (Lipinski definition) is 0. The van der Waals surface area contributed by atoms with Crippen molar-refractivity contribution >= 4 is 34.1 Å². The van der Waals surface area contributed by atoms with Crippen LogP contribution in [0.5, 0.6) is 0 Å². The molecule has 4 nitrogen and oxygen atoms in total. The molecule has 158 valence electrons. The summed E-state index contributed by atoms with van der Waals surface area (Å²) in [4.78, 5) is 24.5. The summed E-state index contributed by atoms with van der Waals surface area (Å²) in [6.45, 7) is 5.28. The number of carbonyl (C=O) groups is 1.